The van der Waals surface area contributed by atoms with Crippen LogP contribution in [0.25, 0.3) is 0 Å². The van der Waals surface area contributed by atoms with Gasteiger partial charge in [-0.25, -0.2) is 13.2 Å². The van der Waals surface area contributed by atoms with Crippen molar-refractivity contribution in [3.05, 3.63) is 58.7 Å². The molecule has 2 aromatic rings. The number of carbonyl (C=O) groups is 3. The highest BCUT2D eigenvalue weighted by atomic mass is 32.2. The number of amides is 2. The molecular formula is C22H24N2O6S. The van der Waals surface area contributed by atoms with Crippen LogP contribution in [-0.2, 0) is 24.3 Å². The number of aryl methyl sites for hydroxylation is 3. The fraction of sp³-hybridized carbons (Fsp3) is 0.318. The SMILES string of the molecule is Cc1cc(C)c(S(=O)(=O)Nc2ccccc2C(=O)OCC(=O)N2CCCC2=O)c(C)c1. The van der Waals surface area contributed by atoms with E-state index in [1.807, 2.05) is 6.92 Å². The standard InChI is InChI=1S/C22H24N2O6S/c1-14-11-15(2)21(16(3)12-14)31(28,29)23-18-8-5-4-7-17(18)22(27)30-13-20(26)24-10-6-9-19(24)25/h4-5,7-8,11-12,23H,6,9-10,13H2,1-3H3. The first-order chi connectivity index (χ1) is 14.6. The molecule has 0 unspecified atom stereocenters. The van der Waals surface area contributed by atoms with Crippen molar-refractivity contribution in [1.82, 2.24) is 4.90 Å². The van der Waals surface area contributed by atoms with E-state index in [-0.39, 0.29) is 22.1 Å². The number of carbonyl (C=O) groups excluding carboxylic acids is 3. The topological polar surface area (TPSA) is 110 Å². The number of anilines is 1. The largest absolute Gasteiger partial charge is 0.452 e. The van der Waals surface area contributed by atoms with Gasteiger partial charge in [0.25, 0.3) is 15.9 Å². The van der Waals surface area contributed by atoms with Crippen molar-refractivity contribution in [3.8, 4) is 0 Å². The van der Waals surface area contributed by atoms with E-state index in [0.717, 1.165) is 10.5 Å². The minimum atomic E-state index is -3.98. The van der Waals surface area contributed by atoms with Crippen LogP contribution in [0, 0.1) is 20.8 Å². The lowest BCUT2D eigenvalue weighted by atomic mass is 10.1. The van der Waals surface area contributed by atoms with Gasteiger partial charge in [0.05, 0.1) is 16.1 Å². The molecule has 1 aliphatic rings. The summed E-state index contributed by atoms with van der Waals surface area (Å²) in [6.07, 6.45) is 0.878. The van der Waals surface area contributed by atoms with Gasteiger partial charge in [0.2, 0.25) is 5.91 Å². The molecule has 1 fully saturated rings. The molecular weight excluding hydrogens is 420 g/mol. The molecule has 31 heavy (non-hydrogen) atoms. The number of imide groups is 1. The third-order valence-electron chi connectivity index (χ3n) is 4.97. The molecule has 9 heteroatoms. The third kappa shape index (κ3) is 4.93. The van der Waals surface area contributed by atoms with Crippen LogP contribution >= 0.6 is 0 Å². The molecule has 1 heterocycles. The van der Waals surface area contributed by atoms with Gasteiger partial charge in [-0.2, -0.15) is 0 Å². The lowest BCUT2D eigenvalue weighted by Crippen LogP contribution is -2.35. The van der Waals surface area contributed by atoms with Crippen molar-refractivity contribution >= 4 is 33.5 Å². The highest BCUT2D eigenvalue weighted by molar-refractivity contribution is 7.92. The maximum absolute atomic E-state index is 13.0. The van der Waals surface area contributed by atoms with Crippen molar-refractivity contribution in [3.63, 3.8) is 0 Å². The Hall–Kier alpha value is -3.20. The second-order valence-corrected chi connectivity index (χ2v) is 9.12. The van der Waals surface area contributed by atoms with Crippen molar-refractivity contribution < 1.29 is 27.5 Å². The summed E-state index contributed by atoms with van der Waals surface area (Å²) in [6.45, 7) is 5.01. The molecule has 0 aromatic heterocycles. The Morgan fingerprint density at radius 3 is 2.35 bits per heavy atom. The summed E-state index contributed by atoms with van der Waals surface area (Å²) in [5, 5.41) is 0. The number of nitrogens with one attached hydrogen (secondary N) is 1. The van der Waals surface area contributed by atoms with E-state index in [4.69, 9.17) is 4.74 Å². The summed E-state index contributed by atoms with van der Waals surface area (Å²) in [5.41, 5.74) is 2.13. The average molecular weight is 445 g/mol. The first-order valence-electron chi connectivity index (χ1n) is 9.80. The molecule has 0 radical (unpaired) electrons. The minimum Gasteiger partial charge on any atom is -0.452 e. The number of hydrogen-bond donors (Lipinski definition) is 1. The molecule has 0 spiro atoms. The van der Waals surface area contributed by atoms with Gasteiger partial charge >= 0.3 is 5.97 Å². The Morgan fingerprint density at radius 2 is 1.74 bits per heavy atom. The zero-order valence-corrected chi connectivity index (χ0v) is 18.4. The van der Waals surface area contributed by atoms with Crippen molar-refractivity contribution in [2.75, 3.05) is 17.9 Å². The summed E-state index contributed by atoms with van der Waals surface area (Å²) in [5.74, 6) is -1.76. The fourth-order valence-electron chi connectivity index (χ4n) is 3.73. The van der Waals surface area contributed by atoms with Gasteiger partial charge in [0.15, 0.2) is 6.61 Å². The van der Waals surface area contributed by atoms with Crippen LogP contribution in [0.3, 0.4) is 0 Å². The molecule has 1 saturated heterocycles. The van der Waals surface area contributed by atoms with Gasteiger partial charge in [-0.15, -0.1) is 0 Å². The van der Waals surface area contributed by atoms with Gasteiger partial charge in [-0.1, -0.05) is 29.8 Å². The normalized spacial score (nSPS) is 13.9. The van der Waals surface area contributed by atoms with Gasteiger partial charge in [0.1, 0.15) is 0 Å². The van der Waals surface area contributed by atoms with E-state index in [1.165, 1.54) is 12.1 Å². The first-order valence-corrected chi connectivity index (χ1v) is 11.3. The van der Waals surface area contributed by atoms with E-state index < -0.39 is 28.5 Å². The van der Waals surface area contributed by atoms with E-state index >= 15 is 0 Å². The highest BCUT2D eigenvalue weighted by Crippen LogP contribution is 2.26. The van der Waals surface area contributed by atoms with Gasteiger partial charge < -0.3 is 4.74 Å². The maximum atomic E-state index is 13.0. The summed E-state index contributed by atoms with van der Waals surface area (Å²) < 4.78 is 33.6. The molecule has 8 nitrogen and oxygen atoms in total. The molecule has 3 rings (SSSR count). The summed E-state index contributed by atoms with van der Waals surface area (Å²) in [4.78, 5) is 37.5. The number of benzene rings is 2. The van der Waals surface area contributed by atoms with Gasteiger partial charge in [-0.3, -0.25) is 19.2 Å². The average Bonchev–Trinajstić information content (AvgIpc) is 3.11. The first kappa shape index (κ1) is 22.5. The maximum Gasteiger partial charge on any atom is 0.340 e. The van der Waals surface area contributed by atoms with E-state index in [9.17, 15) is 22.8 Å². The Morgan fingerprint density at radius 1 is 1.10 bits per heavy atom. The second-order valence-electron chi connectivity index (χ2n) is 7.50. The predicted octanol–water partition coefficient (Wildman–Crippen LogP) is 2.72. The number of likely N-dealkylation sites (tertiary alicyclic amines) is 1. The van der Waals surface area contributed by atoms with Crippen molar-refractivity contribution in [2.45, 2.75) is 38.5 Å². The molecule has 1 N–H and O–H groups in total. The lowest BCUT2D eigenvalue weighted by molar-refractivity contribution is -0.143. The Bertz CT molecular complexity index is 1130. The Kier molecular flexibility index (Phi) is 6.45. The van der Waals surface area contributed by atoms with Crippen molar-refractivity contribution in [1.29, 1.82) is 0 Å². The fourth-order valence-corrected chi connectivity index (χ4v) is 5.27. The van der Waals surface area contributed by atoms with Crippen LogP contribution in [0.5, 0.6) is 0 Å². The zero-order valence-electron chi connectivity index (χ0n) is 17.6. The quantitative estimate of drug-likeness (QED) is 0.686. The second kappa shape index (κ2) is 8.89. The van der Waals surface area contributed by atoms with Gasteiger partial charge in [-0.05, 0) is 50.5 Å². The Balaban J connectivity index is 1.79. The van der Waals surface area contributed by atoms with Crippen LogP contribution in [0.1, 0.15) is 39.9 Å². The molecule has 2 aromatic carbocycles. The lowest BCUT2D eigenvalue weighted by Gasteiger charge is -2.16. The van der Waals surface area contributed by atoms with Crippen molar-refractivity contribution in [2.24, 2.45) is 0 Å². The zero-order chi connectivity index (χ0) is 22.8. The molecule has 0 saturated carbocycles. The van der Waals surface area contributed by atoms with Crippen LogP contribution in [0.2, 0.25) is 0 Å². The van der Waals surface area contributed by atoms with Crippen LogP contribution in [0.4, 0.5) is 5.69 Å². The number of hydrogen-bond acceptors (Lipinski definition) is 6. The summed E-state index contributed by atoms with van der Waals surface area (Å²) in [7, 11) is -3.98. The van der Waals surface area contributed by atoms with E-state index in [1.54, 1.807) is 38.1 Å². The summed E-state index contributed by atoms with van der Waals surface area (Å²) >= 11 is 0. The summed E-state index contributed by atoms with van der Waals surface area (Å²) in [6, 6.07) is 9.53. The van der Waals surface area contributed by atoms with E-state index in [0.29, 0.717) is 30.5 Å². The number of sulfonamides is 1. The number of nitrogens with zero attached hydrogens (tertiary/aromatic N) is 1. The molecule has 0 bridgehead atoms. The highest BCUT2D eigenvalue weighted by Gasteiger charge is 2.28. The molecule has 2 amide bonds. The van der Waals surface area contributed by atoms with Crippen LogP contribution in [0.15, 0.2) is 41.3 Å². The molecule has 0 atom stereocenters. The minimum absolute atomic E-state index is 0.0333. The number of para-hydroxylation sites is 1. The third-order valence-corrected chi connectivity index (χ3v) is 6.64. The number of ether oxygens (including phenoxy) is 1. The van der Waals surface area contributed by atoms with Gasteiger partial charge in [0, 0.05) is 13.0 Å². The van der Waals surface area contributed by atoms with E-state index in [2.05, 4.69) is 4.72 Å². The smallest absolute Gasteiger partial charge is 0.340 e. The molecule has 1 aliphatic heterocycles. The predicted molar refractivity (Wildman–Crippen MR) is 114 cm³/mol. The van der Waals surface area contributed by atoms with Crippen LogP contribution < -0.4 is 4.72 Å². The number of rotatable bonds is 6. The number of esters is 1. The molecule has 0 aliphatic carbocycles. The monoisotopic (exact) mass is 444 g/mol. The van der Waals surface area contributed by atoms with Crippen LogP contribution in [-0.4, -0.2) is 44.3 Å². The molecule has 164 valence electrons. The Labute approximate surface area is 181 Å².